The Kier molecular flexibility index (Phi) is 4.37. The highest BCUT2D eigenvalue weighted by molar-refractivity contribution is 9.10. The van der Waals surface area contributed by atoms with Crippen LogP contribution in [0.15, 0.2) is 45.3 Å². The van der Waals surface area contributed by atoms with E-state index in [-0.39, 0.29) is 5.82 Å². The molecule has 18 heavy (non-hydrogen) atoms. The van der Waals surface area contributed by atoms with Crippen molar-refractivity contribution in [2.75, 3.05) is 0 Å². The molecule has 0 atom stereocenters. The van der Waals surface area contributed by atoms with Crippen LogP contribution in [0.25, 0.3) is 0 Å². The summed E-state index contributed by atoms with van der Waals surface area (Å²) in [5.74, 6) is 0.886. The summed E-state index contributed by atoms with van der Waals surface area (Å²) in [6.45, 7) is 0.380. The number of benzene rings is 2. The quantitative estimate of drug-likeness (QED) is 0.851. The van der Waals surface area contributed by atoms with E-state index in [9.17, 15) is 4.39 Å². The highest BCUT2D eigenvalue weighted by Gasteiger charge is 2.06. The largest absolute Gasteiger partial charge is 0.457 e. The first kappa shape index (κ1) is 13.5. The Hall–Kier alpha value is -0.910. The molecular formula is C13H10Br2FNO. The predicted molar refractivity (Wildman–Crippen MR) is 76.2 cm³/mol. The fourth-order valence-corrected chi connectivity index (χ4v) is 2.16. The van der Waals surface area contributed by atoms with Gasteiger partial charge in [-0.15, -0.1) is 0 Å². The molecule has 0 radical (unpaired) electrons. The van der Waals surface area contributed by atoms with Gasteiger partial charge in [0.2, 0.25) is 0 Å². The highest BCUT2D eigenvalue weighted by atomic mass is 79.9. The Balaban J connectivity index is 2.33. The highest BCUT2D eigenvalue weighted by Crippen LogP contribution is 2.30. The van der Waals surface area contributed by atoms with E-state index in [0.717, 1.165) is 10.0 Å². The molecular weight excluding hydrogens is 365 g/mol. The maximum Gasteiger partial charge on any atom is 0.137 e. The Morgan fingerprint density at radius 2 is 1.89 bits per heavy atom. The normalized spacial score (nSPS) is 10.4. The molecule has 0 amide bonds. The van der Waals surface area contributed by atoms with Crippen molar-refractivity contribution < 1.29 is 9.13 Å². The van der Waals surface area contributed by atoms with E-state index < -0.39 is 0 Å². The van der Waals surface area contributed by atoms with Crippen molar-refractivity contribution >= 4 is 31.9 Å². The van der Waals surface area contributed by atoms with E-state index >= 15 is 0 Å². The first-order valence-corrected chi connectivity index (χ1v) is 6.80. The average molecular weight is 375 g/mol. The van der Waals surface area contributed by atoms with Crippen LogP contribution in [0, 0.1) is 5.82 Å². The fraction of sp³-hybridized carbons (Fsp3) is 0.0769. The molecule has 0 heterocycles. The summed E-state index contributed by atoms with van der Waals surface area (Å²) in [5, 5.41) is 0. The van der Waals surface area contributed by atoms with Crippen LogP contribution in [0.2, 0.25) is 0 Å². The molecule has 94 valence electrons. The third kappa shape index (κ3) is 3.10. The second kappa shape index (κ2) is 5.82. The first-order valence-electron chi connectivity index (χ1n) is 5.21. The maximum absolute atomic E-state index is 13.1. The lowest BCUT2D eigenvalue weighted by Crippen LogP contribution is -1.99. The minimum Gasteiger partial charge on any atom is -0.457 e. The Morgan fingerprint density at radius 1 is 1.11 bits per heavy atom. The van der Waals surface area contributed by atoms with Gasteiger partial charge in [0.15, 0.2) is 0 Å². The number of halogens is 3. The van der Waals surface area contributed by atoms with Crippen LogP contribution in [0.3, 0.4) is 0 Å². The molecule has 0 aromatic heterocycles. The SMILES string of the molecule is NCc1ccc(Br)cc1Oc1ccc(F)c(Br)c1. The molecule has 0 saturated heterocycles. The zero-order valence-corrected chi connectivity index (χ0v) is 12.5. The van der Waals surface area contributed by atoms with E-state index in [4.69, 9.17) is 10.5 Å². The first-order chi connectivity index (χ1) is 8.60. The third-order valence-electron chi connectivity index (χ3n) is 2.37. The van der Waals surface area contributed by atoms with E-state index in [0.29, 0.717) is 22.5 Å². The number of hydrogen-bond acceptors (Lipinski definition) is 2. The van der Waals surface area contributed by atoms with E-state index in [1.165, 1.54) is 6.07 Å². The average Bonchev–Trinajstić information content (AvgIpc) is 2.34. The molecule has 0 aliphatic rings. The molecule has 2 nitrogen and oxygen atoms in total. The van der Waals surface area contributed by atoms with E-state index in [2.05, 4.69) is 31.9 Å². The second-order valence-electron chi connectivity index (χ2n) is 3.63. The van der Waals surface area contributed by atoms with Gasteiger partial charge in [0.05, 0.1) is 4.47 Å². The monoisotopic (exact) mass is 373 g/mol. The van der Waals surface area contributed by atoms with Crippen molar-refractivity contribution in [2.24, 2.45) is 5.73 Å². The van der Waals surface area contributed by atoms with Crippen LogP contribution in [-0.4, -0.2) is 0 Å². The molecule has 0 saturated carbocycles. The van der Waals surface area contributed by atoms with Crippen LogP contribution >= 0.6 is 31.9 Å². The van der Waals surface area contributed by atoms with Crippen molar-refractivity contribution in [1.29, 1.82) is 0 Å². The maximum atomic E-state index is 13.1. The van der Waals surface area contributed by atoms with Crippen LogP contribution in [0.4, 0.5) is 4.39 Å². The molecule has 2 aromatic rings. The van der Waals surface area contributed by atoms with Crippen molar-refractivity contribution in [3.8, 4) is 11.5 Å². The molecule has 0 unspecified atom stereocenters. The zero-order valence-electron chi connectivity index (χ0n) is 9.29. The van der Waals surface area contributed by atoms with Gasteiger partial charge in [0.25, 0.3) is 0 Å². The summed E-state index contributed by atoms with van der Waals surface area (Å²) >= 11 is 6.50. The summed E-state index contributed by atoms with van der Waals surface area (Å²) < 4.78 is 20.1. The summed E-state index contributed by atoms with van der Waals surface area (Å²) in [6, 6.07) is 10.1. The summed E-state index contributed by atoms with van der Waals surface area (Å²) in [6.07, 6.45) is 0. The predicted octanol–water partition coefficient (Wildman–Crippen LogP) is 4.60. The molecule has 0 spiro atoms. The smallest absolute Gasteiger partial charge is 0.137 e. The van der Waals surface area contributed by atoms with Crippen LogP contribution in [0.1, 0.15) is 5.56 Å². The Bertz CT molecular complexity index is 575. The minimum atomic E-state index is -0.323. The van der Waals surface area contributed by atoms with Gasteiger partial charge in [-0.25, -0.2) is 4.39 Å². The summed E-state index contributed by atoms with van der Waals surface area (Å²) in [5.41, 5.74) is 6.53. The molecule has 2 rings (SSSR count). The number of nitrogens with two attached hydrogens (primary N) is 1. The van der Waals surface area contributed by atoms with Gasteiger partial charge in [-0.2, -0.15) is 0 Å². The van der Waals surface area contributed by atoms with Crippen molar-refractivity contribution in [1.82, 2.24) is 0 Å². The number of rotatable bonds is 3. The van der Waals surface area contributed by atoms with E-state index in [1.54, 1.807) is 12.1 Å². The van der Waals surface area contributed by atoms with Gasteiger partial charge in [-0.05, 0) is 46.3 Å². The topological polar surface area (TPSA) is 35.2 Å². The van der Waals surface area contributed by atoms with Crippen molar-refractivity contribution in [2.45, 2.75) is 6.54 Å². The molecule has 2 aromatic carbocycles. The lowest BCUT2D eigenvalue weighted by atomic mass is 10.2. The van der Waals surface area contributed by atoms with Crippen molar-refractivity contribution in [3.05, 3.63) is 56.7 Å². The zero-order chi connectivity index (χ0) is 13.1. The lowest BCUT2D eigenvalue weighted by molar-refractivity contribution is 0.473. The van der Waals surface area contributed by atoms with Gasteiger partial charge in [-0.3, -0.25) is 0 Å². The number of ether oxygens (including phenoxy) is 1. The Labute approximate surface area is 121 Å². The summed E-state index contributed by atoms with van der Waals surface area (Å²) in [7, 11) is 0. The van der Waals surface area contributed by atoms with Gasteiger partial charge in [0.1, 0.15) is 17.3 Å². The summed E-state index contributed by atoms with van der Waals surface area (Å²) in [4.78, 5) is 0. The second-order valence-corrected chi connectivity index (χ2v) is 5.40. The standard InChI is InChI=1S/C13H10Br2FNO/c14-9-2-1-8(7-17)13(5-9)18-10-3-4-12(16)11(15)6-10/h1-6H,7,17H2. The van der Waals surface area contributed by atoms with Gasteiger partial charge in [-0.1, -0.05) is 22.0 Å². The lowest BCUT2D eigenvalue weighted by Gasteiger charge is -2.11. The molecule has 0 fully saturated rings. The fourth-order valence-electron chi connectivity index (χ4n) is 1.46. The molecule has 0 aliphatic carbocycles. The molecule has 2 N–H and O–H groups in total. The third-order valence-corrected chi connectivity index (χ3v) is 3.47. The van der Waals surface area contributed by atoms with Crippen LogP contribution < -0.4 is 10.5 Å². The number of hydrogen-bond donors (Lipinski definition) is 1. The van der Waals surface area contributed by atoms with Gasteiger partial charge in [0, 0.05) is 16.6 Å². The molecule has 0 bridgehead atoms. The van der Waals surface area contributed by atoms with Crippen LogP contribution in [-0.2, 0) is 6.54 Å². The van der Waals surface area contributed by atoms with E-state index in [1.807, 2.05) is 18.2 Å². The molecule has 0 aliphatic heterocycles. The van der Waals surface area contributed by atoms with Gasteiger partial charge < -0.3 is 10.5 Å². The van der Waals surface area contributed by atoms with Crippen molar-refractivity contribution in [3.63, 3.8) is 0 Å². The van der Waals surface area contributed by atoms with Gasteiger partial charge >= 0.3 is 0 Å². The van der Waals surface area contributed by atoms with Crippen LogP contribution in [0.5, 0.6) is 11.5 Å². The molecule has 5 heteroatoms. The minimum absolute atomic E-state index is 0.323. The Morgan fingerprint density at radius 3 is 2.56 bits per heavy atom.